The number of nitrogen functional groups attached to an aromatic ring is 1. The summed E-state index contributed by atoms with van der Waals surface area (Å²) < 4.78 is 0. The molecule has 0 bridgehead atoms. The van der Waals surface area contributed by atoms with Gasteiger partial charge in [0.25, 0.3) is 0 Å². The molecule has 0 fully saturated rings. The van der Waals surface area contributed by atoms with Crippen molar-refractivity contribution in [3.63, 3.8) is 0 Å². The fraction of sp³-hybridized carbons (Fsp3) is 0.182. The third-order valence-electron chi connectivity index (χ3n) is 2.51. The van der Waals surface area contributed by atoms with Gasteiger partial charge in [0.1, 0.15) is 5.82 Å². The van der Waals surface area contributed by atoms with E-state index in [4.69, 9.17) is 10.8 Å². The van der Waals surface area contributed by atoms with Gasteiger partial charge in [0.2, 0.25) is 5.82 Å². The Morgan fingerprint density at radius 2 is 2.24 bits per heavy atom. The maximum atomic E-state index is 10.7. The van der Waals surface area contributed by atoms with E-state index in [1.165, 1.54) is 28.8 Å². The predicted molar refractivity (Wildman–Crippen MR) is 76.6 cm³/mol. The molecule has 0 atom stereocenters. The summed E-state index contributed by atoms with van der Waals surface area (Å²) in [5, 5.41) is 24.4. The molecule has 0 radical (unpaired) electrons. The lowest BCUT2D eigenvalue weighted by Gasteiger charge is -2.05. The molecule has 0 aliphatic carbocycles. The normalized spacial score (nSPS) is 10.3. The minimum Gasteiger partial charge on any atom is -0.476 e. The second-order valence-corrected chi connectivity index (χ2v) is 4.91. The standard InChI is InChI=1S/C11H11N5O4S/c12-10-7(16(19)20)1-2-8(15-10)13-4-3-9-14-6(5-21-9)11(17)18/h1-2,5H,3-4H2,(H,17,18)(H3,12,13,15). The van der Waals surface area contributed by atoms with E-state index in [0.717, 1.165) is 0 Å². The first kappa shape index (κ1) is 14.7. The number of pyridine rings is 1. The highest BCUT2D eigenvalue weighted by Gasteiger charge is 2.13. The largest absolute Gasteiger partial charge is 0.476 e. The molecule has 9 nitrogen and oxygen atoms in total. The number of hydrogen-bond donors (Lipinski definition) is 3. The molecule has 4 N–H and O–H groups in total. The molecule has 0 unspecified atom stereocenters. The average molecular weight is 309 g/mol. The number of nitro groups is 1. The van der Waals surface area contributed by atoms with Crippen LogP contribution < -0.4 is 11.1 Å². The summed E-state index contributed by atoms with van der Waals surface area (Å²) in [5.74, 6) is -0.809. The van der Waals surface area contributed by atoms with Crippen LogP contribution in [0.2, 0.25) is 0 Å². The van der Waals surface area contributed by atoms with Gasteiger partial charge < -0.3 is 16.2 Å². The Morgan fingerprint density at radius 1 is 1.48 bits per heavy atom. The number of rotatable bonds is 6. The van der Waals surface area contributed by atoms with E-state index in [1.807, 2.05) is 0 Å². The van der Waals surface area contributed by atoms with Crippen molar-refractivity contribution in [1.82, 2.24) is 9.97 Å². The van der Waals surface area contributed by atoms with Crippen molar-refractivity contribution >= 4 is 34.6 Å². The van der Waals surface area contributed by atoms with Crippen LogP contribution in [0.5, 0.6) is 0 Å². The van der Waals surface area contributed by atoms with E-state index in [9.17, 15) is 14.9 Å². The van der Waals surface area contributed by atoms with Crippen LogP contribution in [0.3, 0.4) is 0 Å². The Labute approximate surface area is 122 Å². The number of carboxylic acids is 1. The van der Waals surface area contributed by atoms with E-state index in [-0.39, 0.29) is 17.2 Å². The number of thiazole rings is 1. The zero-order valence-corrected chi connectivity index (χ0v) is 11.5. The molecule has 110 valence electrons. The smallest absolute Gasteiger partial charge is 0.355 e. The Bertz CT molecular complexity index is 687. The van der Waals surface area contributed by atoms with Crippen LogP contribution in [0.15, 0.2) is 17.5 Å². The van der Waals surface area contributed by atoms with Gasteiger partial charge in [0.15, 0.2) is 5.69 Å². The number of hydrogen-bond acceptors (Lipinski definition) is 8. The van der Waals surface area contributed by atoms with Crippen LogP contribution in [-0.2, 0) is 6.42 Å². The van der Waals surface area contributed by atoms with E-state index in [0.29, 0.717) is 23.8 Å². The number of aromatic carboxylic acids is 1. The van der Waals surface area contributed by atoms with Crippen LogP contribution in [0.25, 0.3) is 0 Å². The molecule has 0 amide bonds. The minimum atomic E-state index is -1.06. The second kappa shape index (κ2) is 6.13. The summed E-state index contributed by atoms with van der Waals surface area (Å²) in [5.41, 5.74) is 5.25. The number of aromatic nitrogens is 2. The lowest BCUT2D eigenvalue weighted by atomic mass is 10.3. The summed E-state index contributed by atoms with van der Waals surface area (Å²) in [6, 6.07) is 2.73. The minimum absolute atomic E-state index is 0.0210. The maximum Gasteiger partial charge on any atom is 0.355 e. The number of nitrogens with zero attached hydrogens (tertiary/aromatic N) is 3. The molecule has 0 aromatic carbocycles. The third-order valence-corrected chi connectivity index (χ3v) is 3.42. The van der Waals surface area contributed by atoms with Gasteiger partial charge in [-0.3, -0.25) is 10.1 Å². The van der Waals surface area contributed by atoms with E-state index >= 15 is 0 Å². The third kappa shape index (κ3) is 3.63. The first-order valence-corrected chi connectivity index (χ1v) is 6.68. The van der Waals surface area contributed by atoms with Crippen molar-refractivity contribution in [2.24, 2.45) is 0 Å². The van der Waals surface area contributed by atoms with E-state index < -0.39 is 10.9 Å². The fourth-order valence-electron chi connectivity index (χ4n) is 1.54. The van der Waals surface area contributed by atoms with Gasteiger partial charge in [-0.15, -0.1) is 11.3 Å². The van der Waals surface area contributed by atoms with Crippen molar-refractivity contribution < 1.29 is 14.8 Å². The highest BCUT2D eigenvalue weighted by molar-refractivity contribution is 7.09. The Balaban J connectivity index is 1.92. The molecule has 0 spiro atoms. The zero-order valence-electron chi connectivity index (χ0n) is 10.6. The van der Waals surface area contributed by atoms with E-state index in [2.05, 4.69) is 15.3 Å². The topological polar surface area (TPSA) is 144 Å². The SMILES string of the molecule is Nc1nc(NCCc2nc(C(=O)O)cs2)ccc1[N+](=O)[O-]. The van der Waals surface area contributed by atoms with E-state index in [1.54, 1.807) is 0 Å². The zero-order chi connectivity index (χ0) is 15.4. The number of carboxylic acid groups (broad SMARTS) is 1. The first-order valence-electron chi connectivity index (χ1n) is 5.80. The van der Waals surface area contributed by atoms with Crippen molar-refractivity contribution in [2.75, 3.05) is 17.6 Å². The number of anilines is 2. The monoisotopic (exact) mass is 309 g/mol. The summed E-state index contributed by atoms with van der Waals surface area (Å²) in [6.45, 7) is 0.455. The van der Waals surface area contributed by atoms with Gasteiger partial charge >= 0.3 is 11.7 Å². The molecular weight excluding hydrogens is 298 g/mol. The fourth-order valence-corrected chi connectivity index (χ4v) is 2.31. The molecule has 0 aliphatic rings. The van der Waals surface area contributed by atoms with Gasteiger partial charge in [-0.05, 0) is 6.07 Å². The maximum absolute atomic E-state index is 10.7. The highest BCUT2D eigenvalue weighted by Crippen LogP contribution is 2.20. The molecule has 10 heteroatoms. The molecule has 2 aromatic rings. The van der Waals surface area contributed by atoms with Crippen LogP contribution in [0, 0.1) is 10.1 Å². The molecule has 21 heavy (non-hydrogen) atoms. The van der Waals surface area contributed by atoms with Crippen molar-refractivity contribution in [1.29, 1.82) is 0 Å². The van der Waals surface area contributed by atoms with Gasteiger partial charge in [0.05, 0.1) is 9.93 Å². The van der Waals surface area contributed by atoms with Crippen molar-refractivity contribution in [3.05, 3.63) is 38.3 Å². The predicted octanol–water partition coefficient (Wildman–Crippen LogP) is 1.38. The van der Waals surface area contributed by atoms with Crippen LogP contribution >= 0.6 is 11.3 Å². The highest BCUT2D eigenvalue weighted by atomic mass is 32.1. The summed E-state index contributed by atoms with van der Waals surface area (Å²) in [6.07, 6.45) is 0.510. The molecule has 2 rings (SSSR count). The second-order valence-electron chi connectivity index (χ2n) is 3.97. The Morgan fingerprint density at radius 3 is 2.81 bits per heavy atom. The van der Waals surface area contributed by atoms with Crippen LogP contribution in [-0.4, -0.2) is 32.5 Å². The summed E-state index contributed by atoms with van der Waals surface area (Å²) in [7, 11) is 0. The Kier molecular flexibility index (Phi) is 4.28. The van der Waals surface area contributed by atoms with Crippen LogP contribution in [0.1, 0.15) is 15.5 Å². The van der Waals surface area contributed by atoms with Crippen molar-refractivity contribution in [2.45, 2.75) is 6.42 Å². The number of nitrogens with one attached hydrogen (secondary N) is 1. The van der Waals surface area contributed by atoms with Gasteiger partial charge in [-0.25, -0.2) is 14.8 Å². The lowest BCUT2D eigenvalue weighted by molar-refractivity contribution is -0.384. The van der Waals surface area contributed by atoms with Gasteiger partial charge in [0, 0.05) is 24.4 Å². The van der Waals surface area contributed by atoms with Crippen molar-refractivity contribution in [3.8, 4) is 0 Å². The quantitative estimate of drug-likeness (QED) is 0.536. The van der Waals surface area contributed by atoms with Crippen LogP contribution in [0.4, 0.5) is 17.3 Å². The number of carbonyl (C=O) groups is 1. The molecule has 0 aliphatic heterocycles. The molecule has 2 aromatic heterocycles. The first-order chi connectivity index (χ1) is 9.97. The Hall–Kier alpha value is -2.75. The van der Waals surface area contributed by atoms with Gasteiger partial charge in [-0.1, -0.05) is 0 Å². The van der Waals surface area contributed by atoms with Gasteiger partial charge in [-0.2, -0.15) is 0 Å². The summed E-state index contributed by atoms with van der Waals surface area (Å²) in [4.78, 5) is 28.5. The molecule has 2 heterocycles. The number of nitrogens with two attached hydrogens (primary N) is 1. The lowest BCUT2D eigenvalue weighted by Crippen LogP contribution is -2.08. The molecular formula is C11H11N5O4S. The average Bonchev–Trinajstić information content (AvgIpc) is 2.87. The molecule has 0 saturated carbocycles. The molecule has 0 saturated heterocycles. The summed E-state index contributed by atoms with van der Waals surface area (Å²) >= 11 is 1.26.